The van der Waals surface area contributed by atoms with E-state index in [-0.39, 0.29) is 11.8 Å². The molecule has 1 atom stereocenters. The Morgan fingerprint density at radius 1 is 1.08 bits per heavy atom. The summed E-state index contributed by atoms with van der Waals surface area (Å²) in [4.78, 5) is 14.2. The van der Waals surface area contributed by atoms with Crippen molar-refractivity contribution in [3.8, 4) is 17.1 Å². The maximum Gasteiger partial charge on any atom is 0.251 e. The normalized spacial score (nSPS) is 12.0. The second-order valence-corrected chi connectivity index (χ2v) is 6.21. The van der Waals surface area contributed by atoms with E-state index >= 15 is 0 Å². The third kappa shape index (κ3) is 3.88. The SMILES string of the molecule is COc1ccc(NC(=O)C(C(C)C)n2nnc(-c3ccccc3)n2)cc1. The summed E-state index contributed by atoms with van der Waals surface area (Å²) in [5.74, 6) is 1.02. The van der Waals surface area contributed by atoms with Gasteiger partial charge in [-0.3, -0.25) is 4.79 Å². The first-order valence-corrected chi connectivity index (χ1v) is 8.38. The lowest BCUT2D eigenvalue weighted by molar-refractivity contribution is -0.121. The van der Waals surface area contributed by atoms with Crippen LogP contribution in [0.15, 0.2) is 54.6 Å². The van der Waals surface area contributed by atoms with Crippen LogP contribution in [0.5, 0.6) is 5.75 Å². The highest BCUT2D eigenvalue weighted by atomic mass is 16.5. The number of carbonyl (C=O) groups excluding carboxylic acids is 1. The average Bonchev–Trinajstić information content (AvgIpc) is 3.12. The molecule has 26 heavy (non-hydrogen) atoms. The fourth-order valence-corrected chi connectivity index (χ4v) is 2.61. The van der Waals surface area contributed by atoms with Crippen molar-refractivity contribution in [3.05, 3.63) is 54.6 Å². The molecule has 3 aromatic rings. The van der Waals surface area contributed by atoms with Crippen LogP contribution in [0.4, 0.5) is 5.69 Å². The van der Waals surface area contributed by atoms with E-state index in [1.807, 2.05) is 44.2 Å². The van der Waals surface area contributed by atoms with E-state index in [4.69, 9.17) is 4.74 Å². The number of aromatic nitrogens is 4. The molecule has 0 aliphatic rings. The predicted octanol–water partition coefficient (Wildman–Crippen LogP) is 3.18. The molecule has 1 aromatic heterocycles. The quantitative estimate of drug-likeness (QED) is 0.737. The highest BCUT2D eigenvalue weighted by Gasteiger charge is 2.27. The Kier molecular flexibility index (Phi) is 5.26. The zero-order valence-electron chi connectivity index (χ0n) is 15.0. The molecule has 0 radical (unpaired) electrons. The van der Waals surface area contributed by atoms with Crippen molar-refractivity contribution in [2.24, 2.45) is 5.92 Å². The number of nitrogens with one attached hydrogen (secondary N) is 1. The highest BCUT2D eigenvalue weighted by Crippen LogP contribution is 2.21. The molecule has 0 aliphatic carbocycles. The Bertz CT molecular complexity index is 859. The van der Waals surface area contributed by atoms with Gasteiger partial charge in [-0.15, -0.1) is 10.2 Å². The number of carbonyl (C=O) groups is 1. The number of ether oxygens (including phenoxy) is 1. The number of anilines is 1. The Morgan fingerprint density at radius 2 is 1.77 bits per heavy atom. The molecule has 0 saturated carbocycles. The minimum absolute atomic E-state index is 0.00827. The summed E-state index contributed by atoms with van der Waals surface area (Å²) in [6.45, 7) is 3.90. The van der Waals surface area contributed by atoms with Gasteiger partial charge in [0.1, 0.15) is 5.75 Å². The van der Waals surface area contributed by atoms with Crippen LogP contribution in [0.1, 0.15) is 19.9 Å². The first-order chi connectivity index (χ1) is 12.6. The fourth-order valence-electron chi connectivity index (χ4n) is 2.61. The van der Waals surface area contributed by atoms with Crippen LogP contribution in [0, 0.1) is 5.92 Å². The number of hydrogen-bond acceptors (Lipinski definition) is 5. The molecule has 0 bridgehead atoms. The topological polar surface area (TPSA) is 81.9 Å². The molecule has 2 aromatic carbocycles. The maximum absolute atomic E-state index is 12.8. The van der Waals surface area contributed by atoms with Crippen LogP contribution >= 0.6 is 0 Å². The second-order valence-electron chi connectivity index (χ2n) is 6.21. The third-order valence-electron chi connectivity index (χ3n) is 3.97. The molecular weight excluding hydrogens is 330 g/mol. The Labute approximate surface area is 152 Å². The number of nitrogens with zero attached hydrogens (tertiary/aromatic N) is 4. The molecule has 7 heteroatoms. The molecular formula is C19H21N5O2. The Morgan fingerprint density at radius 3 is 2.38 bits per heavy atom. The number of hydrogen-bond donors (Lipinski definition) is 1. The van der Waals surface area contributed by atoms with Gasteiger partial charge in [0, 0.05) is 11.3 Å². The fraction of sp³-hybridized carbons (Fsp3) is 0.263. The van der Waals surface area contributed by atoms with E-state index in [0.29, 0.717) is 11.5 Å². The number of amides is 1. The van der Waals surface area contributed by atoms with Gasteiger partial charge in [-0.05, 0) is 35.4 Å². The van der Waals surface area contributed by atoms with Gasteiger partial charge in [-0.1, -0.05) is 44.2 Å². The summed E-state index contributed by atoms with van der Waals surface area (Å²) >= 11 is 0. The first kappa shape index (κ1) is 17.6. The number of tetrazole rings is 1. The van der Waals surface area contributed by atoms with E-state index in [2.05, 4.69) is 20.7 Å². The van der Waals surface area contributed by atoms with Crippen molar-refractivity contribution in [1.82, 2.24) is 20.2 Å². The zero-order valence-corrected chi connectivity index (χ0v) is 15.0. The second kappa shape index (κ2) is 7.77. The molecule has 0 fully saturated rings. The molecule has 1 amide bonds. The van der Waals surface area contributed by atoms with Crippen LogP contribution in [-0.4, -0.2) is 33.2 Å². The molecule has 0 spiro atoms. The summed E-state index contributed by atoms with van der Waals surface area (Å²) in [5, 5.41) is 15.5. The summed E-state index contributed by atoms with van der Waals surface area (Å²) in [7, 11) is 1.60. The van der Waals surface area contributed by atoms with Crippen LogP contribution in [0.2, 0.25) is 0 Å². The van der Waals surface area contributed by atoms with Gasteiger partial charge in [0.25, 0.3) is 5.91 Å². The lowest BCUT2D eigenvalue weighted by Gasteiger charge is -2.18. The number of methoxy groups -OCH3 is 1. The molecule has 7 nitrogen and oxygen atoms in total. The summed E-state index contributed by atoms with van der Waals surface area (Å²) < 4.78 is 5.13. The van der Waals surface area contributed by atoms with Gasteiger partial charge in [0.05, 0.1) is 7.11 Å². The van der Waals surface area contributed by atoms with Crippen molar-refractivity contribution in [3.63, 3.8) is 0 Å². The van der Waals surface area contributed by atoms with Gasteiger partial charge in [-0.25, -0.2) is 0 Å². The lowest BCUT2D eigenvalue weighted by Crippen LogP contribution is -2.31. The highest BCUT2D eigenvalue weighted by molar-refractivity contribution is 5.93. The van der Waals surface area contributed by atoms with Gasteiger partial charge in [0.15, 0.2) is 6.04 Å². The predicted molar refractivity (Wildman–Crippen MR) is 98.8 cm³/mol. The standard InChI is InChI=1S/C19H21N5O2/c1-13(2)17(19(25)20-15-9-11-16(26-3)12-10-15)24-22-18(21-23-24)14-7-5-4-6-8-14/h4-13,17H,1-3H3,(H,20,25). The van der Waals surface area contributed by atoms with Crippen LogP contribution in [-0.2, 0) is 4.79 Å². The van der Waals surface area contributed by atoms with E-state index in [1.165, 1.54) is 4.80 Å². The van der Waals surface area contributed by atoms with Crippen LogP contribution in [0.25, 0.3) is 11.4 Å². The third-order valence-corrected chi connectivity index (χ3v) is 3.97. The molecule has 3 rings (SSSR count). The molecule has 0 saturated heterocycles. The number of benzene rings is 2. The van der Waals surface area contributed by atoms with Crippen LogP contribution in [0.3, 0.4) is 0 Å². The van der Waals surface area contributed by atoms with Crippen molar-refractivity contribution in [2.75, 3.05) is 12.4 Å². The van der Waals surface area contributed by atoms with Crippen molar-refractivity contribution < 1.29 is 9.53 Å². The summed E-state index contributed by atoms with van der Waals surface area (Å²) in [5.41, 5.74) is 1.54. The average molecular weight is 351 g/mol. The Hall–Kier alpha value is -3.22. The largest absolute Gasteiger partial charge is 0.497 e. The summed E-state index contributed by atoms with van der Waals surface area (Å²) in [6, 6.07) is 16.2. The Balaban J connectivity index is 1.80. The van der Waals surface area contributed by atoms with Gasteiger partial charge in [-0.2, -0.15) is 4.80 Å². The molecule has 1 N–H and O–H groups in total. The van der Waals surface area contributed by atoms with Gasteiger partial charge in [0.2, 0.25) is 5.82 Å². The van der Waals surface area contributed by atoms with Gasteiger partial charge >= 0.3 is 0 Å². The molecule has 134 valence electrons. The molecule has 1 unspecified atom stereocenters. The zero-order chi connectivity index (χ0) is 18.5. The van der Waals surface area contributed by atoms with Crippen molar-refractivity contribution in [2.45, 2.75) is 19.9 Å². The monoisotopic (exact) mass is 351 g/mol. The van der Waals surface area contributed by atoms with Gasteiger partial charge < -0.3 is 10.1 Å². The number of rotatable bonds is 6. The van der Waals surface area contributed by atoms with E-state index < -0.39 is 6.04 Å². The minimum atomic E-state index is -0.568. The first-order valence-electron chi connectivity index (χ1n) is 8.38. The van der Waals surface area contributed by atoms with E-state index in [0.717, 1.165) is 11.3 Å². The minimum Gasteiger partial charge on any atom is -0.497 e. The van der Waals surface area contributed by atoms with Crippen molar-refractivity contribution in [1.29, 1.82) is 0 Å². The smallest absolute Gasteiger partial charge is 0.251 e. The van der Waals surface area contributed by atoms with E-state index in [1.54, 1.807) is 31.4 Å². The lowest BCUT2D eigenvalue weighted by atomic mass is 10.0. The van der Waals surface area contributed by atoms with Crippen LogP contribution < -0.4 is 10.1 Å². The maximum atomic E-state index is 12.8. The summed E-state index contributed by atoms with van der Waals surface area (Å²) in [6.07, 6.45) is 0. The molecule has 1 heterocycles. The van der Waals surface area contributed by atoms with Crippen molar-refractivity contribution >= 4 is 11.6 Å². The molecule has 0 aliphatic heterocycles. The van der Waals surface area contributed by atoms with E-state index in [9.17, 15) is 4.79 Å².